The van der Waals surface area contributed by atoms with Crippen molar-refractivity contribution in [2.24, 2.45) is 5.92 Å². The first-order chi connectivity index (χ1) is 17.0. The van der Waals surface area contributed by atoms with Crippen LogP contribution in [0.15, 0.2) is 89.2 Å². The van der Waals surface area contributed by atoms with Gasteiger partial charge in [0.15, 0.2) is 5.78 Å². The molecular formula is C28H28FN3O3. The third-order valence-corrected chi connectivity index (χ3v) is 6.84. The summed E-state index contributed by atoms with van der Waals surface area (Å²) in [5.74, 6) is -1.24. The Labute approximate surface area is 204 Å². The zero-order valence-corrected chi connectivity index (χ0v) is 19.6. The largest absolute Gasteiger partial charge is 0.467 e. The number of hydrogen-bond donors (Lipinski definition) is 0. The Hall–Kier alpha value is -3.71. The fraction of sp³-hybridized carbons (Fsp3) is 0.286. The van der Waals surface area contributed by atoms with E-state index in [2.05, 4.69) is 21.9 Å². The average Bonchev–Trinajstić information content (AvgIpc) is 3.38. The Kier molecular flexibility index (Phi) is 6.51. The first kappa shape index (κ1) is 23.1. The molecule has 0 N–H and O–H groups in total. The molecule has 2 aromatic carbocycles. The van der Waals surface area contributed by atoms with E-state index in [0.717, 1.165) is 18.8 Å². The van der Waals surface area contributed by atoms with E-state index in [1.165, 1.54) is 18.2 Å². The molecule has 2 aliphatic heterocycles. The lowest BCUT2D eigenvalue weighted by Gasteiger charge is -2.44. The average molecular weight is 474 g/mol. The molecule has 0 radical (unpaired) electrons. The van der Waals surface area contributed by atoms with Gasteiger partial charge in [0.2, 0.25) is 5.91 Å². The van der Waals surface area contributed by atoms with Crippen LogP contribution in [0, 0.1) is 11.7 Å². The number of ketones is 1. The monoisotopic (exact) mass is 473 g/mol. The molecule has 2 aliphatic rings. The van der Waals surface area contributed by atoms with E-state index in [1.54, 1.807) is 42.4 Å². The molecule has 0 spiro atoms. The number of benzene rings is 2. The summed E-state index contributed by atoms with van der Waals surface area (Å²) in [6.07, 6.45) is 3.09. The first-order valence-electron chi connectivity index (χ1n) is 11.9. The SMILES string of the molecule is CC1=CC(=O)C(C(c2cccc(F)c2)N2CCN(c3ccccc3)CC2)C(=O)N1Cc1ccco1. The molecule has 1 aromatic heterocycles. The molecule has 0 bridgehead atoms. The van der Waals surface area contributed by atoms with E-state index in [-0.39, 0.29) is 24.1 Å². The number of para-hydroxylation sites is 1. The van der Waals surface area contributed by atoms with Crippen molar-refractivity contribution < 1.29 is 18.4 Å². The molecule has 35 heavy (non-hydrogen) atoms. The van der Waals surface area contributed by atoms with Gasteiger partial charge in [0, 0.05) is 43.6 Å². The minimum absolute atomic E-state index is 0.246. The van der Waals surface area contributed by atoms with Crippen molar-refractivity contribution in [2.75, 3.05) is 31.1 Å². The third kappa shape index (κ3) is 4.77. The van der Waals surface area contributed by atoms with Gasteiger partial charge in [0.25, 0.3) is 0 Å². The lowest BCUT2D eigenvalue weighted by molar-refractivity contribution is -0.144. The number of piperazine rings is 1. The van der Waals surface area contributed by atoms with Crippen LogP contribution in [0.4, 0.5) is 10.1 Å². The fourth-order valence-electron chi connectivity index (χ4n) is 5.09. The van der Waals surface area contributed by atoms with Gasteiger partial charge < -0.3 is 14.2 Å². The highest BCUT2D eigenvalue weighted by atomic mass is 19.1. The molecule has 3 aromatic rings. The molecule has 1 amide bonds. The van der Waals surface area contributed by atoms with Crippen LogP contribution < -0.4 is 4.90 Å². The summed E-state index contributed by atoms with van der Waals surface area (Å²) in [6, 6.07) is 19.4. The normalized spacial score (nSPS) is 20.2. The molecule has 180 valence electrons. The Morgan fingerprint density at radius 2 is 1.74 bits per heavy atom. The number of furan rings is 1. The second-order valence-electron chi connectivity index (χ2n) is 9.03. The topological polar surface area (TPSA) is 57.0 Å². The number of anilines is 1. The van der Waals surface area contributed by atoms with Crippen molar-refractivity contribution in [1.82, 2.24) is 9.80 Å². The van der Waals surface area contributed by atoms with Crippen LogP contribution >= 0.6 is 0 Å². The van der Waals surface area contributed by atoms with E-state index in [4.69, 9.17) is 4.42 Å². The standard InChI is InChI=1S/C28H28FN3O3/c1-20-17-25(33)26(28(34)32(20)19-24-11-6-16-35-24)27(21-7-5-8-22(29)18-21)31-14-12-30(13-15-31)23-9-3-2-4-10-23/h2-11,16-18,26-27H,12-15,19H2,1H3. The Morgan fingerprint density at radius 1 is 0.971 bits per heavy atom. The molecule has 1 fully saturated rings. The predicted octanol–water partition coefficient (Wildman–Crippen LogP) is 4.41. The van der Waals surface area contributed by atoms with Gasteiger partial charge in [-0.1, -0.05) is 30.3 Å². The molecular weight excluding hydrogens is 445 g/mol. The van der Waals surface area contributed by atoms with E-state index < -0.39 is 12.0 Å². The highest BCUT2D eigenvalue weighted by Gasteiger charge is 2.44. The highest BCUT2D eigenvalue weighted by Crippen LogP contribution is 2.36. The first-order valence-corrected chi connectivity index (χ1v) is 11.9. The van der Waals surface area contributed by atoms with Gasteiger partial charge in [0.1, 0.15) is 17.5 Å². The smallest absolute Gasteiger partial charge is 0.240 e. The van der Waals surface area contributed by atoms with Crippen LogP contribution in [0.5, 0.6) is 0 Å². The van der Waals surface area contributed by atoms with Gasteiger partial charge in [-0.3, -0.25) is 14.5 Å². The summed E-state index contributed by atoms with van der Waals surface area (Å²) in [7, 11) is 0. The van der Waals surface area contributed by atoms with Crippen molar-refractivity contribution in [3.63, 3.8) is 0 Å². The predicted molar refractivity (Wildman–Crippen MR) is 131 cm³/mol. The molecule has 6 nitrogen and oxygen atoms in total. The molecule has 3 heterocycles. The van der Waals surface area contributed by atoms with Gasteiger partial charge >= 0.3 is 0 Å². The summed E-state index contributed by atoms with van der Waals surface area (Å²) in [5.41, 5.74) is 2.36. The number of amides is 1. The van der Waals surface area contributed by atoms with Crippen LogP contribution in [0.2, 0.25) is 0 Å². The maximum atomic E-state index is 14.3. The van der Waals surface area contributed by atoms with Crippen LogP contribution in [-0.4, -0.2) is 47.7 Å². The van der Waals surface area contributed by atoms with Crippen LogP contribution in [-0.2, 0) is 16.1 Å². The van der Waals surface area contributed by atoms with Gasteiger partial charge in [0.05, 0.1) is 18.8 Å². The summed E-state index contributed by atoms with van der Waals surface area (Å²) >= 11 is 0. The molecule has 2 unspecified atom stereocenters. The van der Waals surface area contributed by atoms with Gasteiger partial charge in [-0.25, -0.2) is 4.39 Å². The lowest BCUT2D eigenvalue weighted by atomic mass is 9.84. The number of allylic oxidation sites excluding steroid dienone is 2. The number of nitrogens with zero attached hydrogens (tertiary/aromatic N) is 3. The summed E-state index contributed by atoms with van der Waals surface area (Å²) in [5, 5.41) is 0. The molecule has 0 saturated carbocycles. The van der Waals surface area contributed by atoms with Gasteiger partial charge in [-0.15, -0.1) is 0 Å². The van der Waals surface area contributed by atoms with E-state index >= 15 is 0 Å². The van der Waals surface area contributed by atoms with Crippen molar-refractivity contribution in [1.29, 1.82) is 0 Å². The molecule has 7 heteroatoms. The molecule has 2 atom stereocenters. The van der Waals surface area contributed by atoms with Crippen molar-refractivity contribution in [2.45, 2.75) is 19.5 Å². The number of halogens is 1. The van der Waals surface area contributed by atoms with Crippen LogP contribution in [0.3, 0.4) is 0 Å². The number of carbonyl (C=O) groups is 2. The minimum atomic E-state index is -0.960. The fourth-order valence-corrected chi connectivity index (χ4v) is 5.09. The highest BCUT2D eigenvalue weighted by molar-refractivity contribution is 6.10. The zero-order chi connectivity index (χ0) is 24.4. The number of hydrogen-bond acceptors (Lipinski definition) is 5. The van der Waals surface area contributed by atoms with E-state index in [9.17, 15) is 14.0 Å². The maximum absolute atomic E-state index is 14.3. The Morgan fingerprint density at radius 3 is 2.43 bits per heavy atom. The minimum Gasteiger partial charge on any atom is -0.467 e. The van der Waals surface area contributed by atoms with E-state index in [0.29, 0.717) is 30.1 Å². The number of carbonyl (C=O) groups excluding carboxylic acids is 2. The third-order valence-electron chi connectivity index (χ3n) is 6.84. The maximum Gasteiger partial charge on any atom is 0.240 e. The quantitative estimate of drug-likeness (QED) is 0.497. The lowest BCUT2D eigenvalue weighted by Crippen LogP contribution is -2.53. The number of rotatable bonds is 6. The van der Waals surface area contributed by atoms with Crippen molar-refractivity contribution in [3.05, 3.63) is 102 Å². The summed E-state index contributed by atoms with van der Waals surface area (Å²) < 4.78 is 19.8. The van der Waals surface area contributed by atoms with Gasteiger partial charge in [-0.2, -0.15) is 0 Å². The molecule has 1 saturated heterocycles. The van der Waals surface area contributed by atoms with Crippen molar-refractivity contribution in [3.8, 4) is 0 Å². The zero-order valence-electron chi connectivity index (χ0n) is 19.6. The Bertz CT molecular complexity index is 1220. The summed E-state index contributed by atoms with van der Waals surface area (Å²) in [6.45, 7) is 4.79. The van der Waals surface area contributed by atoms with Crippen LogP contribution in [0.25, 0.3) is 0 Å². The van der Waals surface area contributed by atoms with Crippen molar-refractivity contribution >= 4 is 17.4 Å². The van der Waals surface area contributed by atoms with Gasteiger partial charge in [-0.05, 0) is 48.9 Å². The Balaban J connectivity index is 1.45. The van der Waals surface area contributed by atoms with E-state index in [1.807, 2.05) is 18.2 Å². The second-order valence-corrected chi connectivity index (χ2v) is 9.03. The second kappa shape index (κ2) is 9.88. The van der Waals surface area contributed by atoms with Crippen LogP contribution in [0.1, 0.15) is 24.3 Å². The summed E-state index contributed by atoms with van der Waals surface area (Å²) in [4.78, 5) is 33.1. The molecule has 0 aliphatic carbocycles. The molecule has 5 rings (SSSR count).